The molecule has 6 nitrogen and oxygen atoms in total. The Bertz CT molecular complexity index is 644. The van der Waals surface area contributed by atoms with E-state index in [1.165, 1.54) is 0 Å². The Hall–Kier alpha value is -2.41. The van der Waals surface area contributed by atoms with E-state index in [1.807, 2.05) is 0 Å². The molecule has 0 bridgehead atoms. The van der Waals surface area contributed by atoms with E-state index in [0.717, 1.165) is 0 Å². The largest absolute Gasteiger partial charge is 0.465 e. The maximum Gasteiger partial charge on any atom is 0.409 e. The summed E-state index contributed by atoms with van der Waals surface area (Å²) >= 11 is 3.19. The summed E-state index contributed by atoms with van der Waals surface area (Å²) in [6.45, 7) is 0. The van der Waals surface area contributed by atoms with Gasteiger partial charge in [-0.05, 0) is 52.3 Å². The van der Waals surface area contributed by atoms with Gasteiger partial charge >= 0.3 is 6.09 Å². The van der Waals surface area contributed by atoms with Crippen molar-refractivity contribution in [1.29, 1.82) is 0 Å². The number of hydrogen-bond donors (Lipinski definition) is 3. The van der Waals surface area contributed by atoms with Crippen LogP contribution in [0.15, 0.2) is 47.1 Å². The molecule has 2 amide bonds. The molecule has 0 atom stereocenters. The topological polar surface area (TPSA) is 91.3 Å². The van der Waals surface area contributed by atoms with Crippen LogP contribution >= 0.6 is 15.9 Å². The van der Waals surface area contributed by atoms with Crippen LogP contribution in [-0.2, 0) is 0 Å². The molecule has 0 aliphatic heterocycles. The van der Waals surface area contributed by atoms with E-state index in [2.05, 4.69) is 31.5 Å². The number of amides is 2. The van der Waals surface area contributed by atoms with Gasteiger partial charge in [-0.25, -0.2) is 9.78 Å². The van der Waals surface area contributed by atoms with Crippen LogP contribution in [0.5, 0.6) is 0 Å². The Morgan fingerprint density at radius 1 is 1.00 bits per heavy atom. The van der Waals surface area contributed by atoms with E-state index in [0.29, 0.717) is 16.0 Å². The van der Waals surface area contributed by atoms with Gasteiger partial charge < -0.3 is 10.4 Å². The number of hydrogen-bond acceptors (Lipinski definition) is 3. The van der Waals surface area contributed by atoms with Gasteiger partial charge in [0.15, 0.2) is 0 Å². The van der Waals surface area contributed by atoms with Gasteiger partial charge in [0.25, 0.3) is 5.91 Å². The van der Waals surface area contributed by atoms with E-state index in [-0.39, 0.29) is 11.6 Å². The fourth-order valence-corrected chi connectivity index (χ4v) is 1.83. The van der Waals surface area contributed by atoms with Gasteiger partial charge in [-0.3, -0.25) is 10.1 Å². The van der Waals surface area contributed by atoms with Gasteiger partial charge in [-0.2, -0.15) is 0 Å². The second-order valence-electron chi connectivity index (χ2n) is 3.81. The summed E-state index contributed by atoms with van der Waals surface area (Å²) in [5, 5.41) is 13.4. The summed E-state index contributed by atoms with van der Waals surface area (Å²) in [6.07, 6.45) is -1.14. The standard InChI is InChI=1S/C13H10BrN3O3/c14-11-3-1-2-10(17-11)12(18)15-8-4-6-9(7-5-8)16-13(19)20/h1-7,16H,(H,15,18)(H,19,20). The highest BCUT2D eigenvalue weighted by Crippen LogP contribution is 2.15. The molecule has 0 unspecified atom stereocenters. The molecule has 2 rings (SSSR count). The van der Waals surface area contributed by atoms with Crippen molar-refractivity contribution in [2.75, 3.05) is 10.6 Å². The highest BCUT2D eigenvalue weighted by molar-refractivity contribution is 9.10. The zero-order valence-corrected chi connectivity index (χ0v) is 11.7. The number of benzene rings is 1. The minimum Gasteiger partial charge on any atom is -0.465 e. The van der Waals surface area contributed by atoms with Gasteiger partial charge in [0, 0.05) is 11.4 Å². The van der Waals surface area contributed by atoms with Crippen molar-refractivity contribution in [2.45, 2.75) is 0 Å². The number of aromatic nitrogens is 1. The number of anilines is 2. The molecule has 1 aromatic heterocycles. The van der Waals surface area contributed by atoms with Gasteiger partial charge in [0.1, 0.15) is 10.3 Å². The van der Waals surface area contributed by atoms with Crippen molar-refractivity contribution >= 4 is 39.3 Å². The fraction of sp³-hybridized carbons (Fsp3) is 0. The summed E-state index contributed by atoms with van der Waals surface area (Å²) in [6, 6.07) is 11.3. The van der Waals surface area contributed by atoms with Crippen molar-refractivity contribution in [3.8, 4) is 0 Å². The van der Waals surface area contributed by atoms with Crippen LogP contribution < -0.4 is 10.6 Å². The summed E-state index contributed by atoms with van der Waals surface area (Å²) in [5.41, 5.74) is 1.26. The van der Waals surface area contributed by atoms with Gasteiger partial charge in [-0.15, -0.1) is 0 Å². The van der Waals surface area contributed by atoms with Crippen molar-refractivity contribution < 1.29 is 14.7 Å². The van der Waals surface area contributed by atoms with Crippen LogP contribution in [0.1, 0.15) is 10.5 Å². The predicted octanol–water partition coefficient (Wildman–Crippen LogP) is 3.19. The molecular formula is C13H10BrN3O3. The molecule has 0 saturated heterocycles. The van der Waals surface area contributed by atoms with E-state index >= 15 is 0 Å². The fourth-order valence-electron chi connectivity index (χ4n) is 1.49. The van der Waals surface area contributed by atoms with E-state index in [9.17, 15) is 9.59 Å². The summed E-state index contributed by atoms with van der Waals surface area (Å²) in [5.74, 6) is -0.342. The normalized spacial score (nSPS) is 9.85. The minimum atomic E-state index is -1.14. The summed E-state index contributed by atoms with van der Waals surface area (Å²) in [7, 11) is 0. The average molecular weight is 336 g/mol. The van der Waals surface area contributed by atoms with E-state index in [4.69, 9.17) is 5.11 Å². The Morgan fingerprint density at radius 3 is 2.15 bits per heavy atom. The minimum absolute atomic E-state index is 0.284. The predicted molar refractivity (Wildman–Crippen MR) is 78.0 cm³/mol. The molecule has 0 radical (unpaired) electrons. The lowest BCUT2D eigenvalue weighted by Crippen LogP contribution is -2.13. The lowest BCUT2D eigenvalue weighted by Gasteiger charge is -2.06. The first-order valence-electron chi connectivity index (χ1n) is 5.58. The van der Waals surface area contributed by atoms with Gasteiger partial charge in [0.05, 0.1) is 0 Å². The highest BCUT2D eigenvalue weighted by atomic mass is 79.9. The number of rotatable bonds is 3. The lowest BCUT2D eigenvalue weighted by atomic mass is 10.2. The quantitative estimate of drug-likeness (QED) is 0.751. The van der Waals surface area contributed by atoms with Crippen LogP contribution in [0.25, 0.3) is 0 Å². The number of carbonyl (C=O) groups excluding carboxylic acids is 1. The molecule has 3 N–H and O–H groups in total. The van der Waals surface area contributed by atoms with Gasteiger partial charge in [-0.1, -0.05) is 6.07 Å². The third-order valence-electron chi connectivity index (χ3n) is 2.34. The average Bonchev–Trinajstić information content (AvgIpc) is 2.40. The molecule has 0 saturated carbocycles. The van der Waals surface area contributed by atoms with Gasteiger partial charge in [0.2, 0.25) is 0 Å². The second-order valence-corrected chi connectivity index (χ2v) is 4.62. The maximum absolute atomic E-state index is 11.9. The molecule has 0 aliphatic carbocycles. The van der Waals surface area contributed by atoms with Crippen LogP contribution in [0.3, 0.4) is 0 Å². The smallest absolute Gasteiger partial charge is 0.409 e. The van der Waals surface area contributed by atoms with Crippen LogP contribution in [0.2, 0.25) is 0 Å². The molecule has 102 valence electrons. The lowest BCUT2D eigenvalue weighted by molar-refractivity contribution is 0.102. The number of pyridine rings is 1. The molecule has 1 aromatic carbocycles. The molecule has 20 heavy (non-hydrogen) atoms. The SMILES string of the molecule is O=C(O)Nc1ccc(NC(=O)c2cccc(Br)n2)cc1. The molecule has 0 spiro atoms. The third kappa shape index (κ3) is 3.79. The summed E-state index contributed by atoms with van der Waals surface area (Å²) in [4.78, 5) is 26.4. The van der Waals surface area contributed by atoms with Crippen molar-refractivity contribution in [2.24, 2.45) is 0 Å². The number of nitrogens with one attached hydrogen (secondary N) is 2. The third-order valence-corrected chi connectivity index (χ3v) is 2.78. The Labute approximate surface area is 123 Å². The van der Waals surface area contributed by atoms with E-state index in [1.54, 1.807) is 42.5 Å². The van der Waals surface area contributed by atoms with Crippen LogP contribution in [0, 0.1) is 0 Å². The Morgan fingerprint density at radius 2 is 1.60 bits per heavy atom. The first kappa shape index (κ1) is 14.0. The van der Waals surface area contributed by atoms with Crippen LogP contribution in [0.4, 0.5) is 16.2 Å². The molecule has 0 fully saturated rings. The monoisotopic (exact) mass is 335 g/mol. The highest BCUT2D eigenvalue weighted by Gasteiger charge is 2.08. The first-order valence-corrected chi connectivity index (χ1v) is 6.38. The van der Waals surface area contributed by atoms with E-state index < -0.39 is 6.09 Å². The zero-order chi connectivity index (χ0) is 14.5. The van der Waals surface area contributed by atoms with Crippen molar-refractivity contribution in [1.82, 2.24) is 4.98 Å². The Kier molecular flexibility index (Phi) is 4.31. The van der Waals surface area contributed by atoms with Crippen LogP contribution in [-0.4, -0.2) is 22.1 Å². The van der Waals surface area contributed by atoms with Crippen molar-refractivity contribution in [3.05, 3.63) is 52.8 Å². The molecular weight excluding hydrogens is 326 g/mol. The Balaban J connectivity index is 2.06. The summed E-state index contributed by atoms with van der Waals surface area (Å²) < 4.78 is 0.575. The number of carboxylic acid groups (broad SMARTS) is 1. The number of nitrogens with zero attached hydrogens (tertiary/aromatic N) is 1. The molecule has 1 heterocycles. The molecule has 0 aliphatic rings. The van der Waals surface area contributed by atoms with Crippen molar-refractivity contribution in [3.63, 3.8) is 0 Å². The zero-order valence-electron chi connectivity index (χ0n) is 10.1. The molecule has 7 heteroatoms. The first-order chi connectivity index (χ1) is 9.54. The molecule has 2 aromatic rings. The number of halogens is 1. The number of carbonyl (C=O) groups is 2. The maximum atomic E-state index is 11.9. The second kappa shape index (κ2) is 6.16.